The van der Waals surface area contributed by atoms with Crippen LogP contribution in [0, 0.1) is 5.82 Å². The maximum atomic E-state index is 14.4. The predicted molar refractivity (Wildman–Crippen MR) is 115 cm³/mol. The summed E-state index contributed by atoms with van der Waals surface area (Å²) in [5.41, 5.74) is 1.40. The summed E-state index contributed by atoms with van der Waals surface area (Å²) in [6, 6.07) is 10.4. The summed E-state index contributed by atoms with van der Waals surface area (Å²) in [4.78, 5) is 16.5. The normalized spacial score (nSPS) is 11.9. The molecule has 3 aromatic rings. The highest BCUT2D eigenvalue weighted by Gasteiger charge is 2.44. The molecule has 30 heavy (non-hydrogen) atoms. The van der Waals surface area contributed by atoms with Gasteiger partial charge < -0.3 is 10.1 Å². The van der Waals surface area contributed by atoms with E-state index >= 15 is 0 Å². The van der Waals surface area contributed by atoms with Crippen LogP contribution in [0.1, 0.15) is 13.8 Å². The van der Waals surface area contributed by atoms with Gasteiger partial charge in [0.25, 0.3) is 0 Å². The van der Waals surface area contributed by atoms with E-state index in [4.69, 9.17) is 16.3 Å². The van der Waals surface area contributed by atoms with Crippen molar-refractivity contribution in [2.45, 2.75) is 23.5 Å². The summed E-state index contributed by atoms with van der Waals surface area (Å²) in [5, 5.41) is 5.05. The summed E-state index contributed by atoms with van der Waals surface area (Å²) < 4.78 is 43.3. The maximum Gasteiger partial charge on any atom is 0.247 e. The van der Waals surface area contributed by atoms with E-state index in [9.17, 15) is 17.6 Å². The summed E-state index contributed by atoms with van der Waals surface area (Å²) in [5.74, 6) is -1.64. The molecule has 0 unspecified atom stereocenters. The zero-order chi connectivity index (χ0) is 22.1. The smallest absolute Gasteiger partial charge is 0.247 e. The van der Waals surface area contributed by atoms with Gasteiger partial charge in [-0.15, -0.1) is 11.3 Å². The van der Waals surface area contributed by atoms with Crippen molar-refractivity contribution in [3.05, 3.63) is 58.7 Å². The van der Waals surface area contributed by atoms with Crippen LogP contribution < -0.4 is 10.1 Å². The van der Waals surface area contributed by atoms with Gasteiger partial charge in [-0.2, -0.15) is 0 Å². The number of anilines is 1. The molecule has 0 fully saturated rings. The van der Waals surface area contributed by atoms with Crippen molar-refractivity contribution >= 4 is 43.8 Å². The first-order valence-electron chi connectivity index (χ1n) is 8.67. The van der Waals surface area contributed by atoms with Crippen LogP contribution >= 0.6 is 22.9 Å². The van der Waals surface area contributed by atoms with Gasteiger partial charge >= 0.3 is 0 Å². The average molecular weight is 469 g/mol. The number of nitrogens with zero attached hydrogens (tertiary/aromatic N) is 1. The van der Waals surface area contributed by atoms with Crippen molar-refractivity contribution in [1.82, 2.24) is 4.98 Å². The second kappa shape index (κ2) is 8.33. The Kier molecular flexibility index (Phi) is 6.16. The second-order valence-corrected chi connectivity index (χ2v) is 10.6. The molecule has 0 aliphatic heterocycles. The Labute approximate surface area is 182 Å². The molecule has 1 aromatic heterocycles. The summed E-state index contributed by atoms with van der Waals surface area (Å²) in [7, 11) is -3.00. The molecule has 3 rings (SSSR count). The van der Waals surface area contributed by atoms with Crippen LogP contribution in [0.5, 0.6) is 5.75 Å². The first-order chi connectivity index (χ1) is 14.1. The van der Waals surface area contributed by atoms with Crippen LogP contribution in [0.4, 0.5) is 9.52 Å². The van der Waals surface area contributed by atoms with Crippen LogP contribution in [0.2, 0.25) is 5.02 Å². The van der Waals surface area contributed by atoms with Crippen molar-refractivity contribution < 1.29 is 22.3 Å². The number of thiazole rings is 1. The van der Waals surface area contributed by atoms with Gasteiger partial charge in [0.2, 0.25) is 5.91 Å². The van der Waals surface area contributed by atoms with Crippen molar-refractivity contribution in [3.8, 4) is 17.0 Å². The minimum absolute atomic E-state index is 0.172. The molecule has 0 bridgehead atoms. The molecule has 0 radical (unpaired) electrons. The van der Waals surface area contributed by atoms with E-state index in [1.807, 2.05) is 0 Å². The monoisotopic (exact) mass is 468 g/mol. The van der Waals surface area contributed by atoms with Crippen LogP contribution in [0.25, 0.3) is 11.3 Å². The molecule has 10 heteroatoms. The van der Waals surface area contributed by atoms with Gasteiger partial charge in [-0.05, 0) is 38.1 Å². The maximum absolute atomic E-state index is 14.4. The number of hydrogen-bond acceptors (Lipinski definition) is 6. The largest absolute Gasteiger partial charge is 0.497 e. The third-order valence-corrected chi connectivity index (χ3v) is 7.96. The van der Waals surface area contributed by atoms with Gasteiger partial charge in [0.05, 0.1) is 12.8 Å². The fourth-order valence-electron chi connectivity index (χ4n) is 2.56. The van der Waals surface area contributed by atoms with Crippen molar-refractivity contribution in [2.75, 3.05) is 12.4 Å². The molecule has 0 spiro atoms. The number of sulfone groups is 1. The lowest BCUT2D eigenvalue weighted by Crippen LogP contribution is -2.44. The van der Waals surface area contributed by atoms with Crippen molar-refractivity contribution in [3.63, 3.8) is 0 Å². The van der Waals surface area contributed by atoms with E-state index < -0.39 is 31.2 Å². The molecular weight excluding hydrogens is 451 g/mol. The highest BCUT2D eigenvalue weighted by molar-refractivity contribution is 7.93. The molecule has 158 valence electrons. The number of aromatic nitrogens is 1. The third kappa shape index (κ3) is 4.19. The SMILES string of the molecule is COc1ccc(S(=O)(=O)C(C)(C)C(=O)Nc2nc(-c3ccc(Cl)cc3)cs2)c(F)c1. The predicted octanol–water partition coefficient (Wildman–Crippen LogP) is 4.80. The van der Waals surface area contributed by atoms with E-state index in [1.165, 1.54) is 27.0 Å². The Bertz CT molecular complexity index is 1190. The minimum Gasteiger partial charge on any atom is -0.497 e. The highest BCUT2D eigenvalue weighted by Crippen LogP contribution is 2.32. The lowest BCUT2D eigenvalue weighted by molar-refractivity contribution is -0.117. The number of methoxy groups -OCH3 is 1. The van der Waals surface area contributed by atoms with Gasteiger partial charge in [0, 0.05) is 22.0 Å². The number of carbonyl (C=O) groups excluding carboxylic acids is 1. The number of rotatable bonds is 6. The van der Waals surface area contributed by atoms with Crippen molar-refractivity contribution in [2.24, 2.45) is 0 Å². The Morgan fingerprint density at radius 3 is 2.47 bits per heavy atom. The number of hydrogen-bond donors (Lipinski definition) is 1. The fraction of sp³-hybridized carbons (Fsp3) is 0.200. The quantitative estimate of drug-likeness (QED) is 0.561. The number of ether oxygens (including phenoxy) is 1. The lowest BCUT2D eigenvalue weighted by atomic mass is 10.2. The number of carbonyl (C=O) groups is 1. The van der Waals surface area contributed by atoms with E-state index in [2.05, 4.69) is 10.3 Å². The van der Waals surface area contributed by atoms with Crippen molar-refractivity contribution in [1.29, 1.82) is 0 Å². The van der Waals surface area contributed by atoms with Gasteiger partial charge in [-0.3, -0.25) is 4.79 Å². The Balaban J connectivity index is 1.84. The van der Waals surface area contributed by atoms with Gasteiger partial charge in [-0.1, -0.05) is 23.7 Å². The zero-order valence-corrected chi connectivity index (χ0v) is 18.7. The number of nitrogens with one attached hydrogen (secondary N) is 1. The number of benzene rings is 2. The standard InChI is InChI=1S/C20H18ClFN2O4S2/c1-20(2,30(26,27)17-9-8-14(28-3)10-15(17)22)18(25)24-19-23-16(11-29-19)12-4-6-13(21)7-5-12/h4-11H,1-3H3,(H,23,24,25). The van der Waals surface area contributed by atoms with E-state index in [0.29, 0.717) is 10.7 Å². The second-order valence-electron chi connectivity index (χ2n) is 6.81. The summed E-state index contributed by atoms with van der Waals surface area (Å²) >= 11 is 7.03. The van der Waals surface area contributed by atoms with E-state index in [1.54, 1.807) is 29.6 Å². The molecule has 0 aliphatic carbocycles. The third-order valence-electron chi connectivity index (χ3n) is 4.51. The Hall–Kier alpha value is -2.49. The highest BCUT2D eigenvalue weighted by atomic mass is 35.5. The van der Waals surface area contributed by atoms with Gasteiger partial charge in [-0.25, -0.2) is 17.8 Å². The molecule has 0 aliphatic rings. The first-order valence-corrected chi connectivity index (χ1v) is 11.4. The molecule has 1 amide bonds. The van der Waals surface area contributed by atoms with Crippen LogP contribution in [0.3, 0.4) is 0 Å². The topological polar surface area (TPSA) is 85.4 Å². The Morgan fingerprint density at radius 1 is 1.20 bits per heavy atom. The summed E-state index contributed by atoms with van der Waals surface area (Å²) in [6.07, 6.45) is 0. The lowest BCUT2D eigenvalue weighted by Gasteiger charge is -2.23. The molecular formula is C20H18ClFN2O4S2. The molecule has 0 atom stereocenters. The minimum atomic E-state index is -4.34. The molecule has 0 saturated heterocycles. The number of halogens is 2. The zero-order valence-electron chi connectivity index (χ0n) is 16.3. The summed E-state index contributed by atoms with van der Waals surface area (Å²) in [6.45, 7) is 2.43. The molecule has 1 heterocycles. The van der Waals surface area contributed by atoms with E-state index in [0.717, 1.165) is 29.0 Å². The van der Waals surface area contributed by atoms with Crippen LogP contribution in [-0.4, -0.2) is 31.2 Å². The average Bonchev–Trinajstić information content (AvgIpc) is 3.16. The Morgan fingerprint density at radius 2 is 1.87 bits per heavy atom. The molecule has 1 N–H and O–H groups in total. The number of amides is 1. The van der Waals surface area contributed by atoms with Gasteiger partial charge in [0.1, 0.15) is 21.2 Å². The van der Waals surface area contributed by atoms with Crippen LogP contribution in [-0.2, 0) is 14.6 Å². The fourth-order valence-corrected chi connectivity index (χ4v) is 4.80. The van der Waals surface area contributed by atoms with Crippen LogP contribution in [0.15, 0.2) is 52.7 Å². The van der Waals surface area contributed by atoms with E-state index in [-0.39, 0.29) is 10.9 Å². The molecule has 6 nitrogen and oxygen atoms in total. The molecule has 0 saturated carbocycles. The van der Waals surface area contributed by atoms with Gasteiger partial charge in [0.15, 0.2) is 15.0 Å². The first kappa shape index (κ1) is 22.2. The molecule has 2 aromatic carbocycles.